The first-order valence-electron chi connectivity index (χ1n) is 9.66. The van der Waals surface area contributed by atoms with Crippen molar-refractivity contribution in [2.45, 2.75) is 6.92 Å². The van der Waals surface area contributed by atoms with Crippen LogP contribution < -0.4 is 15.4 Å². The Hall–Kier alpha value is -4.46. The van der Waals surface area contributed by atoms with Gasteiger partial charge in [-0.15, -0.1) is 0 Å². The Labute approximate surface area is 184 Å². The molecule has 0 heterocycles. The Kier molecular flexibility index (Phi) is 6.97. The van der Waals surface area contributed by atoms with Gasteiger partial charge in [0, 0.05) is 23.4 Å². The molecule has 2 N–H and O–H groups in total. The van der Waals surface area contributed by atoms with E-state index in [1.54, 1.807) is 67.6 Å². The highest BCUT2D eigenvalue weighted by Gasteiger charge is 2.19. The number of anilines is 1. The number of non-ortho nitro benzene ring substituents is 1. The second-order valence-corrected chi connectivity index (χ2v) is 6.81. The normalized spacial score (nSPS) is 11.2. The Bertz CT molecular complexity index is 1170. The molecule has 2 amide bonds. The van der Waals surface area contributed by atoms with Gasteiger partial charge in [0.15, 0.2) is 0 Å². The number of nitro groups is 1. The molecule has 8 heteroatoms. The average Bonchev–Trinajstić information content (AvgIpc) is 2.83. The Balaban J connectivity index is 1.98. The number of amides is 2. The summed E-state index contributed by atoms with van der Waals surface area (Å²) < 4.78 is 5.12. The lowest BCUT2D eigenvalue weighted by molar-refractivity contribution is -0.384. The molecule has 0 aromatic heterocycles. The molecule has 0 bridgehead atoms. The first-order chi connectivity index (χ1) is 15.4. The quantitative estimate of drug-likeness (QED) is 0.327. The summed E-state index contributed by atoms with van der Waals surface area (Å²) in [5, 5.41) is 16.6. The lowest BCUT2D eigenvalue weighted by atomic mass is 10.0. The second-order valence-electron chi connectivity index (χ2n) is 6.81. The number of ether oxygens (including phenoxy) is 1. The predicted octanol–water partition coefficient (Wildman–Crippen LogP) is 4.40. The summed E-state index contributed by atoms with van der Waals surface area (Å²) in [6, 6.07) is 21.0. The van der Waals surface area contributed by atoms with Crippen molar-refractivity contribution in [2.24, 2.45) is 0 Å². The molecule has 0 radical (unpaired) electrons. The number of carbonyl (C=O) groups excluding carboxylic acids is 2. The number of carbonyl (C=O) groups is 2. The minimum absolute atomic E-state index is 0.0184. The van der Waals surface area contributed by atoms with E-state index >= 15 is 0 Å². The highest BCUT2D eigenvalue weighted by molar-refractivity contribution is 6.12. The molecule has 162 valence electrons. The van der Waals surface area contributed by atoms with Gasteiger partial charge in [0.1, 0.15) is 11.4 Å². The summed E-state index contributed by atoms with van der Waals surface area (Å²) >= 11 is 0. The molecule has 0 fully saturated rings. The molecule has 3 rings (SSSR count). The molecule has 8 nitrogen and oxygen atoms in total. The molecule has 0 unspecified atom stereocenters. The molecule has 3 aromatic carbocycles. The van der Waals surface area contributed by atoms with Crippen molar-refractivity contribution < 1.29 is 19.2 Å². The smallest absolute Gasteiger partial charge is 0.272 e. The molecule has 3 aromatic rings. The summed E-state index contributed by atoms with van der Waals surface area (Å²) in [6.45, 7) is 1.62. The van der Waals surface area contributed by atoms with E-state index in [0.717, 1.165) is 0 Å². The van der Waals surface area contributed by atoms with Crippen molar-refractivity contribution >= 4 is 28.8 Å². The zero-order chi connectivity index (χ0) is 23.1. The second kappa shape index (κ2) is 10.0. The molecule has 0 saturated carbocycles. The van der Waals surface area contributed by atoms with Gasteiger partial charge in [-0.05, 0) is 54.5 Å². The fourth-order valence-corrected chi connectivity index (χ4v) is 2.96. The summed E-state index contributed by atoms with van der Waals surface area (Å²) in [5.41, 5.74) is 1.54. The number of allylic oxidation sites excluding steroid dienone is 1. The van der Waals surface area contributed by atoms with Gasteiger partial charge in [-0.25, -0.2) is 0 Å². The van der Waals surface area contributed by atoms with Crippen LogP contribution in [0.25, 0.3) is 5.57 Å². The van der Waals surface area contributed by atoms with E-state index in [4.69, 9.17) is 4.74 Å². The molecule has 0 aliphatic heterocycles. The van der Waals surface area contributed by atoms with E-state index < -0.39 is 16.7 Å². The van der Waals surface area contributed by atoms with Crippen molar-refractivity contribution in [3.8, 4) is 5.75 Å². The third kappa shape index (κ3) is 5.37. The first kappa shape index (κ1) is 22.2. The topological polar surface area (TPSA) is 111 Å². The number of nitro benzene ring substituents is 1. The van der Waals surface area contributed by atoms with E-state index in [2.05, 4.69) is 10.6 Å². The van der Waals surface area contributed by atoms with Gasteiger partial charge in [0.25, 0.3) is 17.5 Å². The molecular weight excluding hydrogens is 410 g/mol. The molecule has 0 atom stereocenters. The Morgan fingerprint density at radius 2 is 1.56 bits per heavy atom. The van der Waals surface area contributed by atoms with E-state index in [9.17, 15) is 19.7 Å². The van der Waals surface area contributed by atoms with Crippen molar-refractivity contribution in [1.82, 2.24) is 5.32 Å². The van der Waals surface area contributed by atoms with Crippen LogP contribution in [0.15, 0.2) is 84.6 Å². The van der Waals surface area contributed by atoms with Crippen LogP contribution in [0, 0.1) is 10.1 Å². The van der Waals surface area contributed by atoms with Crippen molar-refractivity contribution in [2.75, 3.05) is 12.4 Å². The average molecular weight is 431 g/mol. The van der Waals surface area contributed by atoms with Crippen LogP contribution >= 0.6 is 0 Å². The van der Waals surface area contributed by atoms with E-state index in [1.807, 2.05) is 0 Å². The number of nitrogens with zero attached hydrogens (tertiary/aromatic N) is 1. The monoisotopic (exact) mass is 431 g/mol. The predicted molar refractivity (Wildman–Crippen MR) is 121 cm³/mol. The van der Waals surface area contributed by atoms with E-state index in [-0.39, 0.29) is 11.4 Å². The minimum Gasteiger partial charge on any atom is -0.497 e. The molecule has 0 spiro atoms. The lowest BCUT2D eigenvalue weighted by Crippen LogP contribution is -2.31. The maximum Gasteiger partial charge on any atom is 0.272 e. The van der Waals surface area contributed by atoms with E-state index in [1.165, 1.54) is 25.3 Å². The fourth-order valence-electron chi connectivity index (χ4n) is 2.96. The summed E-state index contributed by atoms with van der Waals surface area (Å²) in [7, 11) is 1.54. The maximum absolute atomic E-state index is 13.1. The van der Waals surface area contributed by atoms with Crippen LogP contribution in [-0.2, 0) is 4.79 Å². The highest BCUT2D eigenvalue weighted by atomic mass is 16.6. The van der Waals surface area contributed by atoms with Crippen LogP contribution in [0.1, 0.15) is 22.8 Å². The third-order valence-electron chi connectivity index (χ3n) is 4.71. The number of rotatable bonds is 7. The number of hydrogen-bond donors (Lipinski definition) is 2. The van der Waals surface area contributed by atoms with Crippen LogP contribution in [-0.4, -0.2) is 23.8 Å². The summed E-state index contributed by atoms with van der Waals surface area (Å²) in [6.07, 6.45) is 0. The summed E-state index contributed by atoms with van der Waals surface area (Å²) in [4.78, 5) is 36.5. The van der Waals surface area contributed by atoms with Crippen molar-refractivity contribution in [3.63, 3.8) is 0 Å². The van der Waals surface area contributed by atoms with Crippen LogP contribution in [0.5, 0.6) is 5.75 Å². The highest BCUT2D eigenvalue weighted by Crippen LogP contribution is 2.23. The number of nitrogens with one attached hydrogen (secondary N) is 2. The zero-order valence-corrected chi connectivity index (χ0v) is 17.5. The molecule has 0 saturated heterocycles. The Morgan fingerprint density at radius 1 is 0.906 bits per heavy atom. The number of methoxy groups -OCH3 is 1. The van der Waals surface area contributed by atoms with Gasteiger partial charge in [-0.1, -0.05) is 30.3 Å². The summed E-state index contributed by atoms with van der Waals surface area (Å²) in [5.74, 6) is -0.414. The van der Waals surface area contributed by atoms with Crippen LogP contribution in [0.3, 0.4) is 0 Å². The van der Waals surface area contributed by atoms with Gasteiger partial charge in [0.2, 0.25) is 0 Å². The number of hydrogen-bond acceptors (Lipinski definition) is 5. The molecule has 0 aliphatic carbocycles. The standard InChI is InChI=1S/C24H21N3O5/c1-16(18-9-6-10-20(15-18)27(30)31)22(26-23(28)17-7-4-3-5-8-17)24(29)25-19-11-13-21(32-2)14-12-19/h3-15H,1-2H3,(H,25,29)(H,26,28)/b22-16+. The Morgan fingerprint density at radius 3 is 2.19 bits per heavy atom. The largest absolute Gasteiger partial charge is 0.497 e. The van der Waals surface area contributed by atoms with Crippen LogP contribution in [0.2, 0.25) is 0 Å². The SMILES string of the molecule is COc1ccc(NC(=O)/C(NC(=O)c2ccccc2)=C(/C)c2cccc([N+](=O)[O-])c2)cc1. The lowest BCUT2D eigenvalue weighted by Gasteiger charge is -2.15. The third-order valence-corrected chi connectivity index (χ3v) is 4.71. The maximum atomic E-state index is 13.1. The molecular formula is C24H21N3O5. The van der Waals surface area contributed by atoms with Crippen molar-refractivity contribution in [3.05, 3.63) is 106 Å². The van der Waals surface area contributed by atoms with Gasteiger partial charge in [0.05, 0.1) is 12.0 Å². The van der Waals surface area contributed by atoms with Crippen molar-refractivity contribution in [1.29, 1.82) is 0 Å². The number of benzene rings is 3. The fraction of sp³-hybridized carbons (Fsp3) is 0.0833. The zero-order valence-electron chi connectivity index (χ0n) is 17.5. The minimum atomic E-state index is -0.566. The van der Waals surface area contributed by atoms with Gasteiger partial charge >= 0.3 is 0 Å². The molecule has 0 aliphatic rings. The van der Waals surface area contributed by atoms with Gasteiger partial charge in [-0.2, -0.15) is 0 Å². The molecule has 32 heavy (non-hydrogen) atoms. The van der Waals surface area contributed by atoms with E-state index in [0.29, 0.717) is 28.1 Å². The van der Waals surface area contributed by atoms with Gasteiger partial charge in [-0.3, -0.25) is 19.7 Å². The first-order valence-corrected chi connectivity index (χ1v) is 9.66. The van der Waals surface area contributed by atoms with Crippen LogP contribution in [0.4, 0.5) is 11.4 Å². The van der Waals surface area contributed by atoms with Gasteiger partial charge < -0.3 is 15.4 Å².